The average molecular weight is 313 g/mol. The van der Waals surface area contributed by atoms with Crippen LogP contribution in [0.15, 0.2) is 34.9 Å². The number of primary amides is 1. The molecule has 1 aliphatic heterocycles. The lowest BCUT2D eigenvalue weighted by Gasteiger charge is -2.29. The van der Waals surface area contributed by atoms with Crippen molar-refractivity contribution in [1.29, 1.82) is 0 Å². The molecule has 1 saturated heterocycles. The average Bonchev–Trinajstić information content (AvgIpc) is 3.05. The topological polar surface area (TPSA) is 89.4 Å². The van der Waals surface area contributed by atoms with Gasteiger partial charge in [-0.25, -0.2) is 0 Å². The molecule has 1 aliphatic rings. The van der Waals surface area contributed by atoms with Crippen molar-refractivity contribution in [1.82, 2.24) is 10.1 Å². The van der Waals surface area contributed by atoms with E-state index in [-0.39, 0.29) is 23.4 Å². The molecule has 0 aliphatic carbocycles. The minimum atomic E-state index is -0.291. The Hall–Kier alpha value is -2.63. The van der Waals surface area contributed by atoms with Crippen LogP contribution in [-0.4, -0.2) is 35.0 Å². The minimum absolute atomic E-state index is 0.139. The van der Waals surface area contributed by atoms with E-state index in [1.165, 1.54) is 0 Å². The SMILES string of the molecule is Cc1ccc(-c2cc(C(=O)N3CCC(C(N)=O)CC3)no2)cc1. The summed E-state index contributed by atoms with van der Waals surface area (Å²) in [5.41, 5.74) is 7.64. The van der Waals surface area contributed by atoms with Gasteiger partial charge in [-0.3, -0.25) is 9.59 Å². The van der Waals surface area contributed by atoms with Crippen molar-refractivity contribution in [3.05, 3.63) is 41.6 Å². The number of likely N-dealkylation sites (tertiary alicyclic amines) is 1. The van der Waals surface area contributed by atoms with E-state index in [1.54, 1.807) is 11.0 Å². The number of benzene rings is 1. The van der Waals surface area contributed by atoms with Crippen molar-refractivity contribution in [3.63, 3.8) is 0 Å². The van der Waals surface area contributed by atoms with E-state index in [4.69, 9.17) is 10.3 Å². The van der Waals surface area contributed by atoms with Gasteiger partial charge in [0.2, 0.25) is 5.91 Å². The Morgan fingerprint density at radius 2 is 1.87 bits per heavy atom. The number of rotatable bonds is 3. The van der Waals surface area contributed by atoms with Gasteiger partial charge in [-0.1, -0.05) is 35.0 Å². The smallest absolute Gasteiger partial charge is 0.276 e. The Morgan fingerprint density at radius 1 is 1.22 bits per heavy atom. The van der Waals surface area contributed by atoms with Crippen LogP contribution in [0.1, 0.15) is 28.9 Å². The molecule has 6 heteroatoms. The molecule has 3 rings (SSSR count). The second kappa shape index (κ2) is 6.24. The van der Waals surface area contributed by atoms with Gasteiger partial charge in [0.1, 0.15) is 0 Å². The first kappa shape index (κ1) is 15.3. The number of aromatic nitrogens is 1. The first-order valence-electron chi connectivity index (χ1n) is 7.67. The first-order chi connectivity index (χ1) is 11.0. The molecule has 0 spiro atoms. The van der Waals surface area contributed by atoms with Crippen LogP contribution in [0.5, 0.6) is 0 Å². The normalized spacial score (nSPS) is 15.6. The fourth-order valence-corrected chi connectivity index (χ4v) is 2.76. The first-order valence-corrected chi connectivity index (χ1v) is 7.67. The fraction of sp³-hybridized carbons (Fsp3) is 0.353. The largest absolute Gasteiger partial charge is 0.369 e. The van der Waals surface area contributed by atoms with Crippen molar-refractivity contribution in [2.75, 3.05) is 13.1 Å². The van der Waals surface area contributed by atoms with Crippen LogP contribution >= 0.6 is 0 Å². The molecule has 0 bridgehead atoms. The van der Waals surface area contributed by atoms with E-state index in [9.17, 15) is 9.59 Å². The number of carbonyl (C=O) groups is 2. The third-order valence-electron chi connectivity index (χ3n) is 4.25. The van der Waals surface area contributed by atoms with Gasteiger partial charge in [-0.15, -0.1) is 0 Å². The molecule has 2 N–H and O–H groups in total. The van der Waals surface area contributed by atoms with Gasteiger partial charge < -0.3 is 15.2 Å². The van der Waals surface area contributed by atoms with E-state index in [0.29, 0.717) is 31.7 Å². The van der Waals surface area contributed by atoms with Crippen molar-refractivity contribution < 1.29 is 14.1 Å². The summed E-state index contributed by atoms with van der Waals surface area (Å²) in [7, 11) is 0. The maximum Gasteiger partial charge on any atom is 0.276 e. The maximum absolute atomic E-state index is 12.5. The van der Waals surface area contributed by atoms with Crippen LogP contribution < -0.4 is 5.73 Å². The molecule has 2 aromatic rings. The summed E-state index contributed by atoms with van der Waals surface area (Å²) in [6.45, 7) is 3.03. The lowest BCUT2D eigenvalue weighted by molar-refractivity contribution is -0.123. The number of hydrogen-bond acceptors (Lipinski definition) is 4. The molecule has 0 atom stereocenters. The molecule has 23 heavy (non-hydrogen) atoms. The van der Waals surface area contributed by atoms with Crippen LogP contribution in [-0.2, 0) is 4.79 Å². The summed E-state index contributed by atoms with van der Waals surface area (Å²) in [5.74, 6) is -0.0323. The van der Waals surface area contributed by atoms with Crippen LogP contribution in [0.4, 0.5) is 0 Å². The highest BCUT2D eigenvalue weighted by atomic mass is 16.5. The Morgan fingerprint density at radius 3 is 2.48 bits per heavy atom. The minimum Gasteiger partial charge on any atom is -0.369 e. The maximum atomic E-state index is 12.5. The van der Waals surface area contributed by atoms with E-state index in [0.717, 1.165) is 11.1 Å². The van der Waals surface area contributed by atoms with Crippen LogP contribution in [0.2, 0.25) is 0 Å². The van der Waals surface area contributed by atoms with Gasteiger partial charge in [0.25, 0.3) is 5.91 Å². The molecule has 2 amide bonds. The van der Waals surface area contributed by atoms with Crippen LogP contribution in [0.3, 0.4) is 0 Å². The lowest BCUT2D eigenvalue weighted by Crippen LogP contribution is -2.41. The summed E-state index contributed by atoms with van der Waals surface area (Å²) < 4.78 is 5.29. The highest BCUT2D eigenvalue weighted by Crippen LogP contribution is 2.23. The van der Waals surface area contributed by atoms with Gasteiger partial charge in [0, 0.05) is 30.6 Å². The molecule has 1 fully saturated rings. The van der Waals surface area contributed by atoms with Crippen molar-refractivity contribution in [3.8, 4) is 11.3 Å². The van der Waals surface area contributed by atoms with Crippen LogP contribution in [0.25, 0.3) is 11.3 Å². The summed E-state index contributed by atoms with van der Waals surface area (Å²) in [4.78, 5) is 25.3. The molecule has 1 aromatic carbocycles. The Balaban J connectivity index is 1.69. The number of aryl methyl sites for hydroxylation is 1. The van der Waals surface area contributed by atoms with Crippen molar-refractivity contribution in [2.24, 2.45) is 11.7 Å². The number of nitrogens with two attached hydrogens (primary N) is 1. The van der Waals surface area contributed by atoms with Gasteiger partial charge >= 0.3 is 0 Å². The second-order valence-corrected chi connectivity index (χ2v) is 5.91. The highest BCUT2D eigenvalue weighted by Gasteiger charge is 2.28. The lowest BCUT2D eigenvalue weighted by atomic mass is 9.96. The number of amides is 2. The zero-order chi connectivity index (χ0) is 16.4. The standard InChI is InChI=1S/C17H19N3O3/c1-11-2-4-12(5-3-11)15-10-14(19-23-15)17(22)20-8-6-13(7-9-20)16(18)21/h2-5,10,13H,6-9H2,1H3,(H2,18,21). The number of hydrogen-bond donors (Lipinski definition) is 1. The number of piperidine rings is 1. The Labute approximate surface area is 134 Å². The molecule has 2 heterocycles. The van der Waals surface area contributed by atoms with E-state index < -0.39 is 0 Å². The summed E-state index contributed by atoms with van der Waals surface area (Å²) in [5, 5.41) is 3.89. The predicted octanol–water partition coefficient (Wildman–Crippen LogP) is 1.99. The third-order valence-corrected chi connectivity index (χ3v) is 4.25. The number of nitrogens with zero attached hydrogens (tertiary/aromatic N) is 2. The molecule has 6 nitrogen and oxygen atoms in total. The van der Waals surface area contributed by atoms with E-state index >= 15 is 0 Å². The van der Waals surface area contributed by atoms with Gasteiger partial charge in [-0.05, 0) is 19.8 Å². The third kappa shape index (κ3) is 3.26. The number of carbonyl (C=O) groups excluding carboxylic acids is 2. The Bertz CT molecular complexity index is 713. The fourth-order valence-electron chi connectivity index (χ4n) is 2.76. The summed E-state index contributed by atoms with van der Waals surface area (Å²) in [6, 6.07) is 9.49. The molecule has 120 valence electrons. The zero-order valence-electron chi connectivity index (χ0n) is 13.0. The van der Waals surface area contributed by atoms with E-state index in [1.807, 2.05) is 31.2 Å². The van der Waals surface area contributed by atoms with Crippen molar-refractivity contribution in [2.45, 2.75) is 19.8 Å². The molecule has 0 radical (unpaired) electrons. The van der Waals surface area contributed by atoms with E-state index in [2.05, 4.69) is 5.16 Å². The van der Waals surface area contributed by atoms with Gasteiger partial charge in [0.15, 0.2) is 11.5 Å². The second-order valence-electron chi connectivity index (χ2n) is 5.91. The molecule has 0 saturated carbocycles. The molecular formula is C17H19N3O3. The summed E-state index contributed by atoms with van der Waals surface area (Å²) in [6.07, 6.45) is 1.20. The Kier molecular flexibility index (Phi) is 4.14. The van der Waals surface area contributed by atoms with Gasteiger partial charge in [0.05, 0.1) is 0 Å². The zero-order valence-corrected chi connectivity index (χ0v) is 13.0. The van der Waals surface area contributed by atoms with Crippen LogP contribution in [0, 0.1) is 12.8 Å². The quantitative estimate of drug-likeness (QED) is 0.938. The van der Waals surface area contributed by atoms with Crippen molar-refractivity contribution >= 4 is 11.8 Å². The molecule has 0 unspecified atom stereocenters. The molecular weight excluding hydrogens is 294 g/mol. The predicted molar refractivity (Wildman–Crippen MR) is 84.5 cm³/mol. The molecule has 1 aromatic heterocycles. The summed E-state index contributed by atoms with van der Waals surface area (Å²) >= 11 is 0. The monoisotopic (exact) mass is 313 g/mol. The van der Waals surface area contributed by atoms with Gasteiger partial charge in [-0.2, -0.15) is 0 Å². The highest BCUT2D eigenvalue weighted by molar-refractivity contribution is 5.93.